The number of benzene rings is 1. The first-order valence-corrected chi connectivity index (χ1v) is 7.65. The molecule has 0 saturated carbocycles. The maximum absolute atomic E-state index is 12.3. The molecule has 0 bridgehead atoms. The zero-order chi connectivity index (χ0) is 17.8. The smallest absolute Gasteiger partial charge is 0.342 e. The number of nitrogens with two attached hydrogens (primary N) is 1. The van der Waals surface area contributed by atoms with Crippen LogP contribution >= 0.6 is 0 Å². The number of primary amides is 1. The number of amides is 1. The van der Waals surface area contributed by atoms with Crippen molar-refractivity contribution in [3.63, 3.8) is 0 Å². The number of carbonyl (C=O) groups is 2. The van der Waals surface area contributed by atoms with E-state index in [4.69, 9.17) is 15.2 Å². The number of ether oxygens (including phenoxy) is 2. The normalized spacial score (nSPS) is 10.6. The largest absolute Gasteiger partial charge is 0.483 e. The van der Waals surface area contributed by atoms with Crippen LogP contribution in [0.3, 0.4) is 0 Å². The van der Waals surface area contributed by atoms with Crippen LogP contribution in [-0.2, 0) is 16.1 Å². The lowest BCUT2D eigenvalue weighted by Crippen LogP contribution is -2.21. The van der Waals surface area contributed by atoms with Crippen molar-refractivity contribution < 1.29 is 19.1 Å². The Morgan fingerprint density at radius 2 is 2.00 bits per heavy atom. The highest BCUT2D eigenvalue weighted by molar-refractivity contribution is 5.92. The summed E-state index contributed by atoms with van der Waals surface area (Å²) in [4.78, 5) is 27.6. The first-order valence-electron chi connectivity index (χ1n) is 7.65. The van der Waals surface area contributed by atoms with Gasteiger partial charge in [0.1, 0.15) is 23.6 Å². The molecular formula is C18H17N3O4. The summed E-state index contributed by atoms with van der Waals surface area (Å²) < 4.78 is 12.4. The number of pyridine rings is 1. The van der Waals surface area contributed by atoms with Gasteiger partial charge >= 0.3 is 5.97 Å². The predicted octanol–water partition coefficient (Wildman–Crippen LogP) is 1.86. The van der Waals surface area contributed by atoms with Gasteiger partial charge in [-0.05, 0) is 30.7 Å². The molecule has 0 spiro atoms. The maximum Gasteiger partial charge on any atom is 0.342 e. The van der Waals surface area contributed by atoms with E-state index in [-0.39, 0.29) is 24.5 Å². The molecule has 7 nitrogen and oxygen atoms in total. The number of rotatable bonds is 6. The fourth-order valence-corrected chi connectivity index (χ4v) is 2.40. The van der Waals surface area contributed by atoms with Crippen molar-refractivity contribution in [2.24, 2.45) is 5.73 Å². The number of nitrogens with zero attached hydrogens (tertiary/aromatic N) is 2. The van der Waals surface area contributed by atoms with Crippen molar-refractivity contribution in [2.45, 2.75) is 13.5 Å². The van der Waals surface area contributed by atoms with E-state index in [1.807, 2.05) is 35.9 Å². The third kappa shape index (κ3) is 3.77. The second-order valence-corrected chi connectivity index (χ2v) is 5.48. The zero-order valence-electron chi connectivity index (χ0n) is 13.6. The van der Waals surface area contributed by atoms with Crippen molar-refractivity contribution in [2.75, 3.05) is 6.61 Å². The topological polar surface area (TPSA) is 95.9 Å². The van der Waals surface area contributed by atoms with Crippen LogP contribution in [0.5, 0.6) is 5.75 Å². The highest BCUT2D eigenvalue weighted by Crippen LogP contribution is 2.19. The van der Waals surface area contributed by atoms with Gasteiger partial charge in [0.2, 0.25) is 0 Å². The lowest BCUT2D eigenvalue weighted by Gasteiger charge is -2.09. The van der Waals surface area contributed by atoms with Gasteiger partial charge in [-0.3, -0.25) is 4.79 Å². The van der Waals surface area contributed by atoms with Gasteiger partial charge < -0.3 is 19.6 Å². The predicted molar refractivity (Wildman–Crippen MR) is 90.2 cm³/mol. The second kappa shape index (κ2) is 7.04. The van der Waals surface area contributed by atoms with Crippen molar-refractivity contribution in [1.82, 2.24) is 9.38 Å². The summed E-state index contributed by atoms with van der Waals surface area (Å²) in [7, 11) is 0. The van der Waals surface area contributed by atoms with Gasteiger partial charge in [-0.15, -0.1) is 0 Å². The molecule has 0 atom stereocenters. The molecule has 0 radical (unpaired) electrons. The lowest BCUT2D eigenvalue weighted by atomic mass is 10.2. The number of aromatic nitrogens is 2. The second-order valence-electron chi connectivity index (χ2n) is 5.48. The molecule has 3 aromatic rings. The molecule has 0 aliphatic heterocycles. The van der Waals surface area contributed by atoms with Crippen molar-refractivity contribution in [3.05, 3.63) is 65.6 Å². The quantitative estimate of drug-likeness (QED) is 0.692. The molecule has 25 heavy (non-hydrogen) atoms. The third-order valence-electron chi connectivity index (χ3n) is 3.56. The van der Waals surface area contributed by atoms with E-state index >= 15 is 0 Å². The average Bonchev–Trinajstić information content (AvgIpc) is 3.02. The van der Waals surface area contributed by atoms with Crippen LogP contribution < -0.4 is 10.5 Å². The molecule has 2 heterocycles. The Balaban J connectivity index is 1.71. The fourth-order valence-electron chi connectivity index (χ4n) is 2.40. The Morgan fingerprint density at radius 1 is 1.20 bits per heavy atom. The molecule has 3 rings (SSSR count). The highest BCUT2D eigenvalue weighted by Gasteiger charge is 2.15. The van der Waals surface area contributed by atoms with E-state index in [1.165, 1.54) is 0 Å². The Bertz CT molecular complexity index is 933. The molecule has 0 aliphatic rings. The van der Waals surface area contributed by atoms with Crippen molar-refractivity contribution in [3.8, 4) is 5.75 Å². The van der Waals surface area contributed by atoms with Crippen LogP contribution in [0.25, 0.3) is 5.65 Å². The first-order chi connectivity index (χ1) is 12.0. The van der Waals surface area contributed by atoms with Gasteiger partial charge in [-0.2, -0.15) is 0 Å². The third-order valence-corrected chi connectivity index (χ3v) is 3.56. The minimum atomic E-state index is -0.622. The van der Waals surface area contributed by atoms with Gasteiger partial charge in [0, 0.05) is 12.4 Å². The van der Waals surface area contributed by atoms with Crippen LogP contribution in [-0.4, -0.2) is 27.9 Å². The Labute approximate surface area is 144 Å². The molecule has 0 aliphatic carbocycles. The Morgan fingerprint density at radius 3 is 2.76 bits per heavy atom. The van der Waals surface area contributed by atoms with E-state index in [0.717, 1.165) is 11.2 Å². The lowest BCUT2D eigenvalue weighted by molar-refractivity contribution is -0.119. The molecule has 1 amide bonds. The molecule has 2 aromatic heterocycles. The zero-order valence-corrected chi connectivity index (χ0v) is 13.6. The van der Waals surface area contributed by atoms with Gasteiger partial charge in [0.15, 0.2) is 6.61 Å². The summed E-state index contributed by atoms with van der Waals surface area (Å²) >= 11 is 0. The molecule has 1 aromatic carbocycles. The van der Waals surface area contributed by atoms with Gasteiger partial charge in [0.05, 0.1) is 5.69 Å². The molecular weight excluding hydrogens is 322 g/mol. The summed E-state index contributed by atoms with van der Waals surface area (Å²) in [6.07, 6.45) is 3.69. The van der Waals surface area contributed by atoms with E-state index < -0.39 is 11.9 Å². The summed E-state index contributed by atoms with van der Waals surface area (Å²) in [5.74, 6) is -0.936. The average molecular weight is 339 g/mol. The van der Waals surface area contributed by atoms with E-state index in [2.05, 4.69) is 4.98 Å². The number of para-hydroxylation sites is 1. The number of imidazole rings is 1. The summed E-state index contributed by atoms with van der Waals surface area (Å²) in [6.45, 7) is 1.69. The molecule has 7 heteroatoms. The van der Waals surface area contributed by atoms with E-state index in [0.29, 0.717) is 5.69 Å². The number of esters is 1. The van der Waals surface area contributed by atoms with Crippen LogP contribution in [0.15, 0.2) is 48.8 Å². The Kier molecular flexibility index (Phi) is 4.65. The summed E-state index contributed by atoms with van der Waals surface area (Å²) in [5, 5.41) is 0. The monoisotopic (exact) mass is 339 g/mol. The molecule has 128 valence electrons. The summed E-state index contributed by atoms with van der Waals surface area (Å²) in [5.41, 5.74) is 7.77. The van der Waals surface area contributed by atoms with Gasteiger partial charge in [0.25, 0.3) is 5.91 Å². The van der Waals surface area contributed by atoms with Gasteiger partial charge in [-0.25, -0.2) is 9.78 Å². The molecule has 0 unspecified atom stereocenters. The highest BCUT2D eigenvalue weighted by atomic mass is 16.5. The van der Waals surface area contributed by atoms with Crippen molar-refractivity contribution >= 4 is 17.5 Å². The maximum atomic E-state index is 12.3. The van der Waals surface area contributed by atoms with Crippen molar-refractivity contribution in [1.29, 1.82) is 0 Å². The van der Waals surface area contributed by atoms with Gasteiger partial charge in [-0.1, -0.05) is 18.2 Å². The number of hydrogen-bond acceptors (Lipinski definition) is 5. The van der Waals surface area contributed by atoms with E-state index in [1.54, 1.807) is 24.3 Å². The fraction of sp³-hybridized carbons (Fsp3) is 0.167. The minimum absolute atomic E-state index is 0.0319. The van der Waals surface area contributed by atoms with E-state index in [9.17, 15) is 9.59 Å². The van der Waals surface area contributed by atoms with Crippen LogP contribution in [0.4, 0.5) is 0 Å². The molecule has 0 saturated heterocycles. The minimum Gasteiger partial charge on any atom is -0.483 e. The molecule has 2 N–H and O–H groups in total. The van der Waals surface area contributed by atoms with Crippen LogP contribution in [0, 0.1) is 6.92 Å². The number of hydrogen-bond donors (Lipinski definition) is 1. The number of fused-ring (bicyclic) bond motifs is 1. The number of carbonyl (C=O) groups excluding carboxylic acids is 2. The Hall–Kier alpha value is -3.35. The number of aryl methyl sites for hydroxylation is 1. The molecule has 0 fully saturated rings. The first kappa shape index (κ1) is 16.5. The summed E-state index contributed by atoms with van der Waals surface area (Å²) in [6, 6.07) is 10.4. The SMILES string of the molecule is Cc1cccn2cc(COC(=O)c3ccccc3OCC(N)=O)nc12. The van der Waals surface area contributed by atoms with Crippen LogP contribution in [0.2, 0.25) is 0 Å². The standard InChI is InChI=1S/C18H17N3O4/c1-12-5-4-8-21-9-13(20-17(12)21)10-25-18(23)14-6-2-3-7-15(14)24-11-16(19)22/h2-9H,10-11H2,1H3,(H2,19,22). The van der Waals surface area contributed by atoms with Crippen LogP contribution in [0.1, 0.15) is 21.6 Å².